The van der Waals surface area contributed by atoms with Crippen LogP contribution >= 0.6 is 0 Å². The molecule has 1 atom stereocenters. The maximum absolute atomic E-state index is 4.06. The van der Waals surface area contributed by atoms with Crippen molar-refractivity contribution >= 4 is 43.5 Å². The number of allylic oxidation sites excluding steroid dienone is 6. The fourth-order valence-corrected chi connectivity index (χ4v) is 6.87. The Morgan fingerprint density at radius 2 is 1.31 bits per heavy atom. The molecule has 0 aliphatic heterocycles. The molecule has 0 bridgehead atoms. The smallest absolute Gasteiger partial charge is 0.0583 e. The van der Waals surface area contributed by atoms with E-state index in [1.807, 2.05) is 6.08 Å². The molecule has 1 N–H and O–H groups in total. The molecule has 0 aromatic heterocycles. The molecule has 0 aliphatic rings. The van der Waals surface area contributed by atoms with E-state index in [1.165, 1.54) is 71.3 Å². The van der Waals surface area contributed by atoms with Crippen molar-refractivity contribution in [3.05, 3.63) is 169 Å². The molecule has 0 radical (unpaired) electrons. The molecule has 6 rings (SSSR count). The highest BCUT2D eigenvalue weighted by atomic mass is 14.9. The monoisotopic (exact) mass is 583 g/mol. The van der Waals surface area contributed by atoms with Crippen LogP contribution in [0, 0.1) is 0 Å². The Kier molecular flexibility index (Phi) is 9.19. The van der Waals surface area contributed by atoms with Crippen LogP contribution in [0.4, 0.5) is 0 Å². The van der Waals surface area contributed by atoms with Crippen LogP contribution in [0.2, 0.25) is 0 Å². The number of rotatable bonds is 10. The van der Waals surface area contributed by atoms with Crippen molar-refractivity contribution in [1.29, 1.82) is 0 Å². The van der Waals surface area contributed by atoms with Crippen molar-refractivity contribution in [3.63, 3.8) is 0 Å². The van der Waals surface area contributed by atoms with Gasteiger partial charge in [-0.25, -0.2) is 0 Å². The summed E-state index contributed by atoms with van der Waals surface area (Å²) in [5, 5.41) is 11.2. The normalized spacial score (nSPS) is 13.2. The Balaban J connectivity index is 1.64. The summed E-state index contributed by atoms with van der Waals surface area (Å²) in [5.41, 5.74) is 8.75. The van der Waals surface area contributed by atoms with Gasteiger partial charge in [0.15, 0.2) is 0 Å². The van der Waals surface area contributed by atoms with Gasteiger partial charge in [-0.15, -0.1) is 0 Å². The topological polar surface area (TPSA) is 12.0 Å². The average Bonchev–Trinajstić information content (AvgIpc) is 3.09. The van der Waals surface area contributed by atoms with Gasteiger partial charge in [-0.1, -0.05) is 166 Å². The molecule has 222 valence electrons. The first-order valence-corrected chi connectivity index (χ1v) is 16.1. The first kappa shape index (κ1) is 30.1. The Morgan fingerprint density at radius 3 is 1.93 bits per heavy atom. The zero-order valence-corrected chi connectivity index (χ0v) is 26.6. The van der Waals surface area contributed by atoms with E-state index in [0.29, 0.717) is 0 Å². The summed E-state index contributed by atoms with van der Waals surface area (Å²) >= 11 is 0. The standard InChI is InChI=1S/C44H41N/c1-5-8-10-22-32(19-6-2)42-37-23-13-15-25-39(37)43(40-26-16-14-24-38(40)42)36-29-17-28-35-34(36)27-18-30-41(35)44(45-4)33(7-3)31-20-11-9-12-21-31/h6-7,9-30,44-45H,2,5,8H2,1,3-4H3/b22-10-,32-19+,33-7-. The van der Waals surface area contributed by atoms with Gasteiger partial charge in [0.25, 0.3) is 0 Å². The lowest BCUT2D eigenvalue weighted by molar-refractivity contribution is 0.736. The molecule has 0 saturated heterocycles. The molecule has 45 heavy (non-hydrogen) atoms. The van der Waals surface area contributed by atoms with Crippen molar-refractivity contribution < 1.29 is 0 Å². The van der Waals surface area contributed by atoms with Gasteiger partial charge in [0, 0.05) is 0 Å². The molecule has 6 aromatic rings. The molecule has 0 fully saturated rings. The summed E-state index contributed by atoms with van der Waals surface area (Å²) in [6.07, 6.45) is 13.0. The van der Waals surface area contributed by atoms with Crippen molar-refractivity contribution in [3.8, 4) is 11.1 Å². The van der Waals surface area contributed by atoms with Crippen LogP contribution in [0.3, 0.4) is 0 Å². The quantitative estimate of drug-likeness (QED) is 0.125. The number of hydrogen-bond acceptors (Lipinski definition) is 1. The molecule has 1 unspecified atom stereocenters. The summed E-state index contributed by atoms with van der Waals surface area (Å²) in [5.74, 6) is 0. The lowest BCUT2D eigenvalue weighted by Gasteiger charge is -2.24. The fraction of sp³-hybridized carbons (Fsp3) is 0.136. The largest absolute Gasteiger partial charge is 0.309 e. The predicted octanol–water partition coefficient (Wildman–Crippen LogP) is 12.1. The van der Waals surface area contributed by atoms with Gasteiger partial charge in [0.05, 0.1) is 6.04 Å². The predicted molar refractivity (Wildman–Crippen MR) is 199 cm³/mol. The second-order valence-corrected chi connectivity index (χ2v) is 11.5. The van der Waals surface area contributed by atoms with Crippen molar-refractivity contribution in [2.75, 3.05) is 7.05 Å². The molecule has 6 aromatic carbocycles. The number of benzene rings is 6. The highest BCUT2D eigenvalue weighted by Gasteiger charge is 2.21. The Morgan fingerprint density at radius 1 is 0.711 bits per heavy atom. The first-order chi connectivity index (χ1) is 22.2. The van der Waals surface area contributed by atoms with E-state index in [1.54, 1.807) is 0 Å². The number of hydrogen-bond donors (Lipinski definition) is 1. The maximum atomic E-state index is 4.06. The third kappa shape index (κ3) is 5.68. The first-order valence-electron chi connectivity index (χ1n) is 16.1. The van der Waals surface area contributed by atoms with E-state index < -0.39 is 0 Å². The average molecular weight is 584 g/mol. The minimum Gasteiger partial charge on any atom is -0.309 e. The van der Waals surface area contributed by atoms with Gasteiger partial charge >= 0.3 is 0 Å². The van der Waals surface area contributed by atoms with Gasteiger partial charge < -0.3 is 5.32 Å². The zero-order valence-electron chi connectivity index (χ0n) is 26.6. The lowest BCUT2D eigenvalue weighted by atomic mass is 9.83. The summed E-state index contributed by atoms with van der Waals surface area (Å²) in [6.45, 7) is 8.41. The van der Waals surface area contributed by atoms with E-state index in [4.69, 9.17) is 0 Å². The second-order valence-electron chi connectivity index (χ2n) is 11.5. The third-order valence-corrected chi connectivity index (χ3v) is 8.82. The number of unbranched alkanes of at least 4 members (excludes halogenated alkanes) is 1. The summed E-state index contributed by atoms with van der Waals surface area (Å²) < 4.78 is 0. The molecule has 1 nitrogen and oxygen atoms in total. The summed E-state index contributed by atoms with van der Waals surface area (Å²) in [7, 11) is 2.06. The van der Waals surface area contributed by atoms with Crippen LogP contribution in [0.5, 0.6) is 0 Å². The van der Waals surface area contributed by atoms with Gasteiger partial charge in [-0.2, -0.15) is 0 Å². The molecule has 0 spiro atoms. The van der Waals surface area contributed by atoms with E-state index in [9.17, 15) is 0 Å². The van der Waals surface area contributed by atoms with Crippen LogP contribution < -0.4 is 5.32 Å². The van der Waals surface area contributed by atoms with E-state index >= 15 is 0 Å². The summed E-state index contributed by atoms with van der Waals surface area (Å²) in [4.78, 5) is 0. The third-order valence-electron chi connectivity index (χ3n) is 8.82. The van der Waals surface area contributed by atoms with E-state index in [-0.39, 0.29) is 6.04 Å². The van der Waals surface area contributed by atoms with Crippen molar-refractivity contribution in [2.24, 2.45) is 0 Å². The molecule has 0 aliphatic carbocycles. The van der Waals surface area contributed by atoms with Crippen molar-refractivity contribution in [2.45, 2.75) is 32.7 Å². The number of likely N-dealkylation sites (N-methyl/N-ethyl adjacent to an activating group) is 1. The Bertz CT molecular complexity index is 2020. The van der Waals surface area contributed by atoms with E-state index in [0.717, 1.165) is 12.8 Å². The van der Waals surface area contributed by atoms with Crippen LogP contribution in [0.15, 0.2) is 152 Å². The highest BCUT2D eigenvalue weighted by Crippen LogP contribution is 2.45. The zero-order chi connectivity index (χ0) is 31.2. The van der Waals surface area contributed by atoms with Gasteiger partial charge in [-0.05, 0) is 91.7 Å². The van der Waals surface area contributed by atoms with Crippen molar-refractivity contribution in [1.82, 2.24) is 5.32 Å². The lowest BCUT2D eigenvalue weighted by Crippen LogP contribution is -2.18. The summed E-state index contributed by atoms with van der Waals surface area (Å²) in [6, 6.07) is 42.1. The molecule has 1 heteroatoms. The molecule has 0 heterocycles. The van der Waals surface area contributed by atoms with Crippen LogP contribution in [0.1, 0.15) is 49.4 Å². The highest BCUT2D eigenvalue weighted by molar-refractivity contribution is 6.22. The minimum atomic E-state index is 0.0497. The maximum Gasteiger partial charge on any atom is 0.0583 e. The van der Waals surface area contributed by atoms with Crippen LogP contribution in [-0.4, -0.2) is 7.05 Å². The molecular formula is C44H41N. The number of fused-ring (bicyclic) bond motifs is 3. The van der Waals surface area contributed by atoms with Crippen LogP contribution in [-0.2, 0) is 0 Å². The van der Waals surface area contributed by atoms with Gasteiger partial charge in [0.2, 0.25) is 0 Å². The Hall–Kier alpha value is -4.98. The van der Waals surface area contributed by atoms with Gasteiger partial charge in [0.1, 0.15) is 0 Å². The SMILES string of the molecule is C=C/C=C(\C=C/CCC)c1c2ccccc2c(-c2cccc3c(C(NC)/C(=C\C)c4ccccc4)cccc23)c2ccccc12. The van der Waals surface area contributed by atoms with E-state index in [2.05, 4.69) is 172 Å². The number of nitrogens with one attached hydrogen (secondary N) is 1. The fourth-order valence-electron chi connectivity index (χ4n) is 6.87. The van der Waals surface area contributed by atoms with Crippen LogP contribution in [0.25, 0.3) is 54.6 Å². The van der Waals surface area contributed by atoms with Gasteiger partial charge in [-0.3, -0.25) is 0 Å². The second kappa shape index (κ2) is 13.8. The molecule has 0 amide bonds. The molecule has 0 saturated carbocycles. The Labute approximate surface area is 267 Å². The molecular weight excluding hydrogens is 542 g/mol. The minimum absolute atomic E-state index is 0.0497.